The van der Waals surface area contributed by atoms with E-state index in [4.69, 9.17) is 9.47 Å². The van der Waals surface area contributed by atoms with Crippen LogP contribution in [0, 0.1) is 5.41 Å². The summed E-state index contributed by atoms with van der Waals surface area (Å²) in [6.45, 7) is 5.78. The summed E-state index contributed by atoms with van der Waals surface area (Å²) in [4.78, 5) is 0. The van der Waals surface area contributed by atoms with E-state index in [1.165, 1.54) is 173 Å². The second kappa shape index (κ2) is 29.9. The van der Waals surface area contributed by atoms with E-state index < -0.39 is 0 Å². The van der Waals surface area contributed by atoms with Crippen molar-refractivity contribution < 1.29 is 14.6 Å². The lowest BCUT2D eigenvalue weighted by Crippen LogP contribution is -2.33. The van der Waals surface area contributed by atoms with Crippen molar-refractivity contribution in [3.05, 3.63) is 0 Å². The SMILES string of the molecule is C1CCCCCCCCC1.C1CCCCCCCCC1.CCCCOC(C)OCC1(CO)CCCCCCCCC1. The molecule has 0 saturated heterocycles. The van der Waals surface area contributed by atoms with Crippen molar-refractivity contribution in [3.8, 4) is 0 Å². The average Bonchev–Trinajstić information content (AvgIpc) is 3.01. The monoisotopic (exact) mass is 581 g/mol. The third-order valence-corrected chi connectivity index (χ3v) is 9.72. The van der Waals surface area contributed by atoms with E-state index in [2.05, 4.69) is 6.92 Å². The molecule has 3 saturated carbocycles. The van der Waals surface area contributed by atoms with Crippen molar-refractivity contribution in [1.82, 2.24) is 0 Å². The van der Waals surface area contributed by atoms with E-state index in [0.29, 0.717) is 6.61 Å². The minimum Gasteiger partial charge on any atom is -0.396 e. The minimum atomic E-state index is -0.157. The zero-order valence-electron chi connectivity index (χ0n) is 28.4. The van der Waals surface area contributed by atoms with Gasteiger partial charge < -0.3 is 14.6 Å². The zero-order valence-corrected chi connectivity index (χ0v) is 28.4. The van der Waals surface area contributed by atoms with Crippen LogP contribution in [0.4, 0.5) is 0 Å². The van der Waals surface area contributed by atoms with Gasteiger partial charge in [-0.3, -0.25) is 0 Å². The van der Waals surface area contributed by atoms with Crippen molar-refractivity contribution >= 4 is 0 Å². The Kier molecular flexibility index (Phi) is 28.4. The highest BCUT2D eigenvalue weighted by Gasteiger charge is 2.30. The topological polar surface area (TPSA) is 38.7 Å². The molecule has 3 aliphatic carbocycles. The molecule has 0 aromatic carbocycles. The third-order valence-electron chi connectivity index (χ3n) is 9.72. The Morgan fingerprint density at radius 3 is 1.05 bits per heavy atom. The number of aliphatic hydroxyl groups is 1. The molecule has 3 fully saturated rings. The molecule has 3 aliphatic rings. The van der Waals surface area contributed by atoms with E-state index >= 15 is 0 Å². The fourth-order valence-corrected chi connectivity index (χ4v) is 6.63. The van der Waals surface area contributed by atoms with Gasteiger partial charge in [0, 0.05) is 12.0 Å². The summed E-state index contributed by atoms with van der Waals surface area (Å²) >= 11 is 0. The van der Waals surface area contributed by atoms with Crippen molar-refractivity contribution in [1.29, 1.82) is 0 Å². The highest BCUT2D eigenvalue weighted by atomic mass is 16.7. The molecule has 1 atom stereocenters. The van der Waals surface area contributed by atoms with E-state index in [-0.39, 0.29) is 18.3 Å². The third kappa shape index (κ3) is 25.0. The maximum Gasteiger partial charge on any atom is 0.154 e. The van der Waals surface area contributed by atoms with Crippen molar-refractivity contribution in [2.45, 2.75) is 219 Å². The molecule has 3 rings (SSSR count). The molecule has 0 bridgehead atoms. The Hall–Kier alpha value is -0.120. The van der Waals surface area contributed by atoms with Crippen LogP contribution < -0.4 is 0 Å². The highest BCUT2D eigenvalue weighted by molar-refractivity contribution is 4.79. The lowest BCUT2D eigenvalue weighted by molar-refractivity contribution is -0.158. The van der Waals surface area contributed by atoms with Crippen LogP contribution in [0.25, 0.3) is 0 Å². The van der Waals surface area contributed by atoms with Crippen LogP contribution in [0.2, 0.25) is 0 Å². The molecule has 0 aromatic rings. The number of aliphatic hydroxyl groups excluding tert-OH is 1. The lowest BCUT2D eigenvalue weighted by Gasteiger charge is -2.33. The first-order valence-electron chi connectivity index (χ1n) is 19.1. The quantitative estimate of drug-likeness (QED) is 0.229. The molecule has 0 aliphatic heterocycles. The molecule has 41 heavy (non-hydrogen) atoms. The van der Waals surface area contributed by atoms with Gasteiger partial charge in [-0.15, -0.1) is 0 Å². The van der Waals surface area contributed by atoms with Crippen LogP contribution in [-0.2, 0) is 9.47 Å². The number of hydrogen-bond donors (Lipinski definition) is 1. The summed E-state index contributed by atoms with van der Waals surface area (Å²) in [6, 6.07) is 0. The summed E-state index contributed by atoms with van der Waals surface area (Å²) in [7, 11) is 0. The molecule has 0 amide bonds. The van der Waals surface area contributed by atoms with E-state index in [0.717, 1.165) is 32.3 Å². The number of rotatable bonds is 8. The molecule has 3 nitrogen and oxygen atoms in total. The largest absolute Gasteiger partial charge is 0.396 e. The second-order valence-electron chi connectivity index (χ2n) is 13.8. The number of unbranched alkanes of at least 4 members (excludes halogenated alkanes) is 1. The predicted molar refractivity (Wildman–Crippen MR) is 180 cm³/mol. The molecule has 3 heteroatoms. The van der Waals surface area contributed by atoms with Gasteiger partial charge in [-0.25, -0.2) is 0 Å². The molecular weight excluding hydrogens is 504 g/mol. The molecule has 0 heterocycles. The van der Waals surface area contributed by atoms with E-state index in [1.807, 2.05) is 6.92 Å². The molecule has 1 unspecified atom stereocenters. The molecule has 246 valence electrons. The standard InChI is InChI=1S/C18H36O3.2C10H20/c1-3-4-14-20-17(2)21-16-18(15-19)12-10-8-6-5-7-9-11-13-18;2*1-2-4-6-8-10-9-7-5-3-1/h17,19H,3-16H2,1-2H3;2*1-10H2. The maximum absolute atomic E-state index is 9.93. The van der Waals surface area contributed by atoms with Crippen molar-refractivity contribution in [2.24, 2.45) is 5.41 Å². The summed E-state index contributed by atoms with van der Waals surface area (Å²) in [6.07, 6.45) is 43.3. The molecule has 0 radical (unpaired) electrons. The zero-order chi connectivity index (χ0) is 29.5. The Morgan fingerprint density at radius 2 is 0.780 bits per heavy atom. The van der Waals surface area contributed by atoms with Gasteiger partial charge in [0.1, 0.15) is 0 Å². The Balaban J connectivity index is 0.000000348. The summed E-state index contributed by atoms with van der Waals surface area (Å²) in [5.41, 5.74) is -0.0419. The number of hydrogen-bond acceptors (Lipinski definition) is 3. The smallest absolute Gasteiger partial charge is 0.154 e. The van der Waals surface area contributed by atoms with Crippen molar-refractivity contribution in [2.75, 3.05) is 19.8 Å². The highest BCUT2D eigenvalue weighted by Crippen LogP contribution is 2.33. The van der Waals surface area contributed by atoms with Gasteiger partial charge in [-0.1, -0.05) is 187 Å². The van der Waals surface area contributed by atoms with Gasteiger partial charge in [-0.2, -0.15) is 0 Å². The van der Waals surface area contributed by atoms with Crippen LogP contribution in [0.3, 0.4) is 0 Å². The Morgan fingerprint density at radius 1 is 0.488 bits per heavy atom. The van der Waals surface area contributed by atoms with Gasteiger partial charge in [0.15, 0.2) is 6.29 Å². The molecule has 1 N–H and O–H groups in total. The summed E-state index contributed by atoms with van der Waals surface area (Å²) in [5, 5.41) is 9.93. The van der Waals surface area contributed by atoms with Gasteiger partial charge in [0.25, 0.3) is 0 Å². The van der Waals surface area contributed by atoms with Crippen LogP contribution in [0.15, 0.2) is 0 Å². The fourth-order valence-electron chi connectivity index (χ4n) is 6.63. The Bertz CT molecular complexity index is 411. The average molecular weight is 581 g/mol. The predicted octanol–water partition coefficient (Wildman–Crippen LogP) is 12.5. The number of ether oxygens (including phenoxy) is 2. The first-order valence-corrected chi connectivity index (χ1v) is 19.1. The van der Waals surface area contributed by atoms with Crippen molar-refractivity contribution in [3.63, 3.8) is 0 Å². The Labute approximate surface area is 258 Å². The summed E-state index contributed by atoms with van der Waals surface area (Å²) in [5.74, 6) is 0. The fraction of sp³-hybridized carbons (Fsp3) is 1.00. The van der Waals surface area contributed by atoms with Crippen LogP contribution in [0.5, 0.6) is 0 Å². The molecule has 0 spiro atoms. The van der Waals surface area contributed by atoms with Crippen LogP contribution >= 0.6 is 0 Å². The lowest BCUT2D eigenvalue weighted by atomic mass is 9.78. The van der Waals surface area contributed by atoms with E-state index in [1.54, 1.807) is 0 Å². The van der Waals surface area contributed by atoms with Gasteiger partial charge in [-0.05, 0) is 26.2 Å². The van der Waals surface area contributed by atoms with E-state index in [9.17, 15) is 5.11 Å². The second-order valence-corrected chi connectivity index (χ2v) is 13.8. The first-order chi connectivity index (χ1) is 20.2. The molecular formula is C38H76O3. The van der Waals surface area contributed by atoms with Crippen LogP contribution in [-0.4, -0.2) is 31.2 Å². The summed E-state index contributed by atoms with van der Waals surface area (Å²) < 4.78 is 11.6. The van der Waals surface area contributed by atoms with Gasteiger partial charge >= 0.3 is 0 Å². The first kappa shape index (κ1) is 38.9. The minimum absolute atomic E-state index is 0.0419. The normalized spacial score (nSPS) is 22.9. The van der Waals surface area contributed by atoms with Gasteiger partial charge in [0.05, 0.1) is 13.2 Å². The maximum atomic E-state index is 9.93. The van der Waals surface area contributed by atoms with Gasteiger partial charge in [0.2, 0.25) is 0 Å². The van der Waals surface area contributed by atoms with Crippen LogP contribution in [0.1, 0.15) is 213 Å². The molecule has 0 aromatic heterocycles.